The van der Waals surface area contributed by atoms with E-state index in [2.05, 4.69) is 52.8 Å². The van der Waals surface area contributed by atoms with E-state index in [1.165, 1.54) is 18.5 Å². The summed E-state index contributed by atoms with van der Waals surface area (Å²) in [6.45, 7) is 9.61. The van der Waals surface area contributed by atoms with Crippen LogP contribution in [-0.4, -0.2) is 109 Å². The third kappa shape index (κ3) is 20.8. The van der Waals surface area contributed by atoms with Crippen LogP contribution in [0.3, 0.4) is 0 Å². The van der Waals surface area contributed by atoms with Crippen molar-refractivity contribution in [1.82, 2.24) is 19.7 Å². The maximum atomic E-state index is 10.7. The number of likely N-dealkylation sites (N-methyl/N-ethyl adjacent to an activating group) is 2. The first-order valence-corrected chi connectivity index (χ1v) is 13.5. The molecule has 2 rings (SSSR count). The van der Waals surface area contributed by atoms with Crippen LogP contribution in [-0.2, 0) is 33.7 Å². The molecule has 1 radical (unpaired) electrons. The Kier molecular flexibility index (Phi) is 21.8. The molecule has 217 valence electrons. The number of pyridine rings is 1. The molecule has 1 aliphatic rings. The molecule has 1 aromatic rings. The molecule has 0 aliphatic carbocycles. The Balaban J connectivity index is 0. The van der Waals surface area contributed by atoms with E-state index >= 15 is 0 Å². The van der Waals surface area contributed by atoms with Gasteiger partial charge in [0.1, 0.15) is 0 Å². The minimum absolute atomic E-state index is 0. The van der Waals surface area contributed by atoms with E-state index in [1.807, 2.05) is 12.3 Å². The maximum absolute atomic E-state index is 10.7. The monoisotopic (exact) mass is 600 g/mol. The first kappa shape index (κ1) is 38.3. The molecule has 2 heterocycles. The Bertz CT molecular complexity index is 765. The largest absolute Gasteiger partial charge is 3.00 e. The summed E-state index contributed by atoms with van der Waals surface area (Å²) in [6.07, 6.45) is 6.52. The second kappa shape index (κ2) is 21.0. The molecule has 1 atom stereocenters. The van der Waals surface area contributed by atoms with Gasteiger partial charge in [0, 0.05) is 58.1 Å². The van der Waals surface area contributed by atoms with Crippen LogP contribution in [0.4, 0.5) is 13.2 Å². The quantitative estimate of drug-likeness (QED) is 0.156. The second-order valence-corrected chi connectivity index (χ2v) is 10.1. The zero-order valence-corrected chi connectivity index (χ0v) is 23.8. The van der Waals surface area contributed by atoms with Crippen molar-refractivity contribution in [2.45, 2.75) is 57.2 Å². The minimum atomic E-state index is -6.09. The van der Waals surface area contributed by atoms with Crippen LogP contribution in [0.15, 0.2) is 24.4 Å². The molecule has 37 heavy (non-hydrogen) atoms. The molecule has 0 saturated carbocycles. The molecule has 1 N–H and O–H groups in total. The molecule has 1 aromatic heterocycles. The number of alkyl halides is 3. The van der Waals surface area contributed by atoms with Gasteiger partial charge >= 0.3 is 22.6 Å². The number of unbranched alkanes of at least 4 members (excludes halogenated alkanes) is 3. The number of aliphatic hydroxyl groups is 1. The topological polar surface area (TPSA) is 123 Å². The first-order valence-electron chi connectivity index (χ1n) is 12.1. The Morgan fingerprint density at radius 2 is 1.57 bits per heavy atom. The summed E-state index contributed by atoms with van der Waals surface area (Å²) in [5.41, 5.74) is -4.48. The fourth-order valence-electron chi connectivity index (χ4n) is 3.07. The molecule has 1 unspecified atom stereocenters. The van der Waals surface area contributed by atoms with E-state index in [0.29, 0.717) is 6.42 Å². The summed E-state index contributed by atoms with van der Waals surface area (Å²) < 4.78 is 58.9. The molecule has 0 spiro atoms. The summed E-state index contributed by atoms with van der Waals surface area (Å²) >= 11 is 0. The van der Waals surface area contributed by atoms with Gasteiger partial charge in [-0.1, -0.05) is 38.7 Å². The van der Waals surface area contributed by atoms with Gasteiger partial charge in [0.05, 0.1) is 5.69 Å². The summed E-state index contributed by atoms with van der Waals surface area (Å²) in [6, 6.07) is 6.15. The SMILES string of the molecule is CCCCCCC(O)C[18O-].CN1CCN(C)CCN(Cc2ccccn2)CC1.O=S(=O)([O-])C(F)(F)F.[Fe+3]. The Hall–Kier alpha value is -0.831. The molecule has 0 amide bonds. The van der Waals surface area contributed by atoms with Crippen LogP contribution in [0, 0.1) is 0 Å². The van der Waals surface area contributed by atoms with Crippen molar-refractivity contribution in [2.24, 2.45) is 0 Å². The van der Waals surface area contributed by atoms with Gasteiger partial charge in [0.25, 0.3) is 0 Å². The molecular formula is C23H41F3FeN4O5S+. The number of hydrogen-bond donors (Lipinski definition) is 1. The van der Waals surface area contributed by atoms with E-state index in [4.69, 9.17) is 18.1 Å². The van der Waals surface area contributed by atoms with Crippen LogP contribution in [0.25, 0.3) is 0 Å². The first-order chi connectivity index (χ1) is 16.8. The summed E-state index contributed by atoms with van der Waals surface area (Å²) in [5.74, 6) is 0. The van der Waals surface area contributed by atoms with Gasteiger partial charge in [0.15, 0.2) is 10.1 Å². The normalized spacial score (nSPS) is 17.0. The predicted octanol–water partition coefficient (Wildman–Crippen LogP) is 1.49. The van der Waals surface area contributed by atoms with Crippen molar-refractivity contribution in [3.05, 3.63) is 30.1 Å². The zero-order chi connectivity index (χ0) is 27.6. The van der Waals surface area contributed by atoms with Crippen molar-refractivity contribution < 1.29 is 53.4 Å². The predicted molar refractivity (Wildman–Crippen MR) is 130 cm³/mol. The molecule has 14 heteroatoms. The van der Waals surface area contributed by atoms with Crippen LogP contribution < -0.4 is 5.11 Å². The van der Waals surface area contributed by atoms with Crippen LogP contribution >= 0.6 is 0 Å². The molecule has 0 bridgehead atoms. The number of nitrogens with zero attached hydrogens (tertiary/aromatic N) is 4. The van der Waals surface area contributed by atoms with Crippen LogP contribution in [0.5, 0.6) is 0 Å². The van der Waals surface area contributed by atoms with Gasteiger partial charge in [-0.15, -0.1) is 6.61 Å². The second-order valence-electron chi connectivity index (χ2n) is 8.77. The minimum Gasteiger partial charge on any atom is -0.853 e. The number of aromatic nitrogens is 1. The van der Waals surface area contributed by atoms with Crippen molar-refractivity contribution in [1.29, 1.82) is 0 Å². The van der Waals surface area contributed by atoms with E-state index in [-0.39, 0.29) is 23.7 Å². The molecule has 1 aliphatic heterocycles. The van der Waals surface area contributed by atoms with E-state index in [9.17, 15) is 18.3 Å². The molecule has 1 saturated heterocycles. The Morgan fingerprint density at radius 3 is 1.97 bits per heavy atom. The van der Waals surface area contributed by atoms with Crippen LogP contribution in [0.2, 0.25) is 0 Å². The van der Waals surface area contributed by atoms with Gasteiger partial charge in [-0.05, 0) is 32.6 Å². The molecular weight excluding hydrogens is 559 g/mol. The van der Waals surface area contributed by atoms with E-state index < -0.39 is 21.7 Å². The maximum Gasteiger partial charge on any atom is 3.00 e. The Morgan fingerprint density at radius 1 is 1.05 bits per heavy atom. The van der Waals surface area contributed by atoms with E-state index in [0.717, 1.165) is 58.7 Å². The third-order valence-electron chi connectivity index (χ3n) is 5.44. The van der Waals surface area contributed by atoms with E-state index in [1.54, 1.807) is 0 Å². The van der Waals surface area contributed by atoms with Crippen molar-refractivity contribution in [3.8, 4) is 0 Å². The smallest absolute Gasteiger partial charge is 0.853 e. The average Bonchev–Trinajstić information content (AvgIpc) is 2.89. The molecule has 9 nitrogen and oxygen atoms in total. The summed E-state index contributed by atoms with van der Waals surface area (Å²) in [7, 11) is -1.68. The van der Waals surface area contributed by atoms with Crippen molar-refractivity contribution in [2.75, 3.05) is 60.0 Å². The van der Waals surface area contributed by atoms with Crippen molar-refractivity contribution in [3.63, 3.8) is 0 Å². The number of aliphatic hydroxyl groups excluding tert-OH is 1. The zero-order valence-electron chi connectivity index (χ0n) is 21.8. The Labute approximate surface area is 230 Å². The third-order valence-corrected chi connectivity index (χ3v) is 6.00. The van der Waals surface area contributed by atoms with Gasteiger partial charge < -0.3 is 24.6 Å². The molecule has 1 fully saturated rings. The van der Waals surface area contributed by atoms with Gasteiger partial charge in [0.2, 0.25) is 0 Å². The van der Waals surface area contributed by atoms with Gasteiger partial charge in [-0.2, -0.15) is 13.2 Å². The number of hydrogen-bond acceptors (Lipinski definition) is 9. The fourth-order valence-corrected chi connectivity index (χ4v) is 3.07. The standard InChI is InChI=1S/C14H24N4.C8H17O2.CHF3O3S.Fe/c1-16-7-8-17(2)10-12-18(11-9-16)13-14-5-3-4-6-15-14;1-2-3-4-5-6-8(10)7-9;2-1(3,4)8(5,6)7;/h3-6H,7-13H2,1-2H3;8,10H,2-7H2,1H3;(H,5,6,7);/q;-1;;+3/p-1/i;9+2;;. The fraction of sp³-hybridized carbons (Fsp3) is 0.783. The average molecular weight is 601 g/mol. The molecule has 0 aromatic carbocycles. The van der Waals surface area contributed by atoms with Crippen molar-refractivity contribution >= 4 is 10.1 Å². The summed E-state index contributed by atoms with van der Waals surface area (Å²) in [4.78, 5) is 11.7. The van der Waals surface area contributed by atoms with Crippen LogP contribution in [0.1, 0.15) is 44.7 Å². The number of rotatable bonds is 8. The van der Waals surface area contributed by atoms with Gasteiger partial charge in [-0.25, -0.2) is 8.42 Å². The number of halogens is 3. The van der Waals surface area contributed by atoms with Gasteiger partial charge in [-0.3, -0.25) is 9.88 Å². The summed E-state index contributed by atoms with van der Waals surface area (Å²) in [5, 5.41) is 18.9.